The molecule has 0 bridgehead atoms. The Kier molecular flexibility index (Phi) is 7.68. The third kappa shape index (κ3) is 5.43. The Balaban J connectivity index is 1.97. The lowest BCUT2D eigenvalue weighted by Gasteiger charge is -2.32. The van der Waals surface area contributed by atoms with Crippen molar-refractivity contribution in [3.63, 3.8) is 0 Å². The van der Waals surface area contributed by atoms with Gasteiger partial charge in [0.05, 0.1) is 17.9 Å². The fourth-order valence-electron chi connectivity index (χ4n) is 3.34. The van der Waals surface area contributed by atoms with Crippen LogP contribution in [-0.4, -0.2) is 28.0 Å². The van der Waals surface area contributed by atoms with E-state index in [1.807, 2.05) is 19.1 Å². The molecule has 1 aromatic heterocycles. The van der Waals surface area contributed by atoms with Crippen molar-refractivity contribution in [2.45, 2.75) is 40.2 Å². The monoisotopic (exact) mass is 337 g/mol. The molecule has 0 amide bonds. The topological polar surface area (TPSA) is 31.9 Å². The van der Waals surface area contributed by atoms with Crippen LogP contribution in [0.1, 0.15) is 50.8 Å². The Morgan fingerprint density at radius 1 is 1.20 bits per heavy atom. The van der Waals surface area contributed by atoms with Gasteiger partial charge in [-0.15, -0.1) is 0 Å². The highest BCUT2D eigenvalue weighted by Crippen LogP contribution is 2.26. The normalized spacial score (nSPS) is 18.1. The maximum absolute atomic E-state index is 4.67. The first-order chi connectivity index (χ1) is 12.2. The van der Waals surface area contributed by atoms with E-state index < -0.39 is 0 Å². The molecule has 2 rings (SSSR count). The summed E-state index contributed by atoms with van der Waals surface area (Å²) in [7, 11) is 0. The predicted molar refractivity (Wildman–Crippen MR) is 109 cm³/mol. The summed E-state index contributed by atoms with van der Waals surface area (Å²) in [6, 6.07) is 0. The van der Waals surface area contributed by atoms with Crippen molar-refractivity contribution in [1.29, 1.82) is 0 Å². The molecule has 134 valence electrons. The maximum atomic E-state index is 4.67. The molecule has 0 radical (unpaired) electrons. The number of H-pyrrole nitrogens is 1. The van der Waals surface area contributed by atoms with Crippen molar-refractivity contribution in [3.8, 4) is 0 Å². The molecule has 1 fully saturated rings. The third-order valence-corrected chi connectivity index (χ3v) is 4.61. The first kappa shape index (κ1) is 19.2. The number of nitrogens with one attached hydrogen (secondary N) is 1. The summed E-state index contributed by atoms with van der Waals surface area (Å²) >= 11 is 0. The van der Waals surface area contributed by atoms with Gasteiger partial charge >= 0.3 is 0 Å². The highest BCUT2D eigenvalue weighted by molar-refractivity contribution is 5.58. The quantitative estimate of drug-likeness (QED) is 0.678. The number of aromatic amines is 1. The standard InChI is InChI=1S/C22H31N3/c1-5-9-12-18(10-6-2)19-13-15-25(16-14-19)17-22-23-20(8-4)21(24-22)11-7-3/h5-12,19H,4,13-17H2,1-3H3,(H,23,24)/b9-5-,10-6-,11-7-,18-12+. The SMILES string of the molecule is C=Cc1nc(CN2CCC(C(/C=C\C)=C/C=C\C)CC2)[nH]c1/C=C\C. The molecular weight excluding hydrogens is 306 g/mol. The van der Waals surface area contributed by atoms with Gasteiger partial charge in [0.15, 0.2) is 0 Å². The third-order valence-electron chi connectivity index (χ3n) is 4.61. The molecule has 1 saturated heterocycles. The first-order valence-corrected chi connectivity index (χ1v) is 9.23. The van der Waals surface area contributed by atoms with Crippen LogP contribution in [0.25, 0.3) is 12.2 Å². The fraction of sp³-hybridized carbons (Fsp3) is 0.409. The summed E-state index contributed by atoms with van der Waals surface area (Å²) in [5.41, 5.74) is 3.43. The minimum absolute atomic E-state index is 0.655. The molecule has 0 aromatic carbocycles. The molecule has 25 heavy (non-hydrogen) atoms. The van der Waals surface area contributed by atoms with Crippen LogP contribution in [-0.2, 0) is 6.54 Å². The maximum Gasteiger partial charge on any atom is 0.121 e. The van der Waals surface area contributed by atoms with E-state index in [4.69, 9.17) is 0 Å². The van der Waals surface area contributed by atoms with Crippen molar-refractivity contribution in [2.75, 3.05) is 13.1 Å². The number of piperidine rings is 1. The molecule has 0 aliphatic carbocycles. The van der Waals surface area contributed by atoms with Crippen molar-refractivity contribution in [1.82, 2.24) is 14.9 Å². The van der Waals surface area contributed by atoms with Gasteiger partial charge in [-0.2, -0.15) is 0 Å². The second-order valence-electron chi connectivity index (χ2n) is 6.43. The number of imidazole rings is 1. The van der Waals surface area contributed by atoms with E-state index in [2.05, 4.69) is 71.8 Å². The molecule has 0 atom stereocenters. The lowest BCUT2D eigenvalue weighted by atomic mass is 9.88. The summed E-state index contributed by atoms with van der Waals surface area (Å²) in [5.74, 6) is 1.68. The van der Waals surface area contributed by atoms with Crippen LogP contribution in [0.4, 0.5) is 0 Å². The molecule has 3 heteroatoms. The fourth-order valence-corrected chi connectivity index (χ4v) is 3.34. The van der Waals surface area contributed by atoms with Crippen LogP contribution in [0.15, 0.2) is 48.6 Å². The molecule has 0 spiro atoms. The molecular formula is C22H31N3. The zero-order chi connectivity index (χ0) is 18.1. The average molecular weight is 338 g/mol. The largest absolute Gasteiger partial charge is 0.341 e. The Hall–Kier alpha value is -2.13. The molecule has 3 nitrogen and oxygen atoms in total. The van der Waals surface area contributed by atoms with Crippen LogP contribution in [0, 0.1) is 5.92 Å². The highest BCUT2D eigenvalue weighted by Gasteiger charge is 2.21. The van der Waals surface area contributed by atoms with E-state index in [0.29, 0.717) is 5.92 Å². The summed E-state index contributed by atoms with van der Waals surface area (Å²) in [6.45, 7) is 13.1. The summed E-state index contributed by atoms with van der Waals surface area (Å²) in [6.07, 6.45) is 19.2. The Morgan fingerprint density at radius 3 is 2.56 bits per heavy atom. The van der Waals surface area contributed by atoms with Crippen molar-refractivity contribution in [2.24, 2.45) is 5.92 Å². The number of likely N-dealkylation sites (tertiary alicyclic amines) is 1. The van der Waals surface area contributed by atoms with Crippen LogP contribution < -0.4 is 0 Å². The van der Waals surface area contributed by atoms with Gasteiger partial charge in [0.2, 0.25) is 0 Å². The number of nitrogens with zero attached hydrogens (tertiary/aromatic N) is 2. The van der Waals surface area contributed by atoms with Gasteiger partial charge < -0.3 is 4.98 Å². The van der Waals surface area contributed by atoms with E-state index in [-0.39, 0.29) is 0 Å². The Labute approximate surface area is 152 Å². The average Bonchev–Trinajstić information content (AvgIpc) is 3.01. The van der Waals surface area contributed by atoms with Gasteiger partial charge in [0, 0.05) is 0 Å². The molecule has 1 aliphatic heterocycles. The van der Waals surface area contributed by atoms with E-state index in [9.17, 15) is 0 Å². The Morgan fingerprint density at radius 2 is 1.96 bits per heavy atom. The zero-order valence-corrected chi connectivity index (χ0v) is 15.8. The lowest BCUT2D eigenvalue weighted by molar-refractivity contribution is 0.189. The number of hydrogen-bond acceptors (Lipinski definition) is 2. The molecule has 1 aliphatic rings. The minimum Gasteiger partial charge on any atom is -0.341 e. The lowest BCUT2D eigenvalue weighted by Crippen LogP contribution is -2.34. The number of hydrogen-bond donors (Lipinski definition) is 1. The zero-order valence-electron chi connectivity index (χ0n) is 15.8. The molecule has 0 saturated carbocycles. The van der Waals surface area contributed by atoms with E-state index in [1.165, 1.54) is 18.4 Å². The van der Waals surface area contributed by atoms with E-state index >= 15 is 0 Å². The van der Waals surface area contributed by atoms with Gasteiger partial charge in [0.25, 0.3) is 0 Å². The van der Waals surface area contributed by atoms with Gasteiger partial charge in [0.1, 0.15) is 5.82 Å². The second kappa shape index (κ2) is 10.00. The molecule has 1 aromatic rings. The Bertz CT molecular complexity index is 665. The second-order valence-corrected chi connectivity index (χ2v) is 6.43. The smallest absolute Gasteiger partial charge is 0.121 e. The van der Waals surface area contributed by atoms with Crippen molar-refractivity contribution < 1.29 is 0 Å². The number of aromatic nitrogens is 2. The van der Waals surface area contributed by atoms with Crippen LogP contribution in [0.5, 0.6) is 0 Å². The number of allylic oxidation sites excluding steroid dienone is 7. The summed E-state index contributed by atoms with van der Waals surface area (Å²) in [4.78, 5) is 10.6. The van der Waals surface area contributed by atoms with Gasteiger partial charge in [-0.3, -0.25) is 4.90 Å². The first-order valence-electron chi connectivity index (χ1n) is 9.23. The van der Waals surface area contributed by atoms with Crippen LogP contribution in [0.3, 0.4) is 0 Å². The van der Waals surface area contributed by atoms with Crippen molar-refractivity contribution >= 4 is 12.2 Å². The highest BCUT2D eigenvalue weighted by atomic mass is 15.2. The predicted octanol–water partition coefficient (Wildman–Crippen LogP) is 5.38. The van der Waals surface area contributed by atoms with Crippen molar-refractivity contribution in [3.05, 3.63) is 65.8 Å². The van der Waals surface area contributed by atoms with Gasteiger partial charge in [-0.05, 0) is 70.3 Å². The van der Waals surface area contributed by atoms with Crippen LogP contribution in [0.2, 0.25) is 0 Å². The molecule has 2 heterocycles. The summed E-state index contributed by atoms with van der Waals surface area (Å²) in [5, 5.41) is 0. The number of rotatable bonds is 7. The van der Waals surface area contributed by atoms with Gasteiger partial charge in [-0.1, -0.05) is 43.0 Å². The van der Waals surface area contributed by atoms with E-state index in [0.717, 1.165) is 36.8 Å². The van der Waals surface area contributed by atoms with Gasteiger partial charge in [-0.25, -0.2) is 4.98 Å². The van der Waals surface area contributed by atoms with E-state index in [1.54, 1.807) is 0 Å². The molecule has 1 N–H and O–H groups in total. The molecule has 0 unspecified atom stereocenters. The summed E-state index contributed by atoms with van der Waals surface area (Å²) < 4.78 is 0. The minimum atomic E-state index is 0.655. The van der Waals surface area contributed by atoms with Crippen LogP contribution >= 0.6 is 0 Å².